The van der Waals surface area contributed by atoms with Gasteiger partial charge in [0, 0.05) is 36.5 Å². The molecule has 1 heterocycles. The SMILES string of the molecule is CC(C)C1=C2[C@H]3CCC4[C@@]5(C)CC[C@H](OC(=O)CC(C)(C)C(=O)O)C(C)(C)C5CC[C@@]4(C)[C@]3(C)CC[C@@]2(CCN(CCN(C)C)C(C)(C)c2ccccn2)CC1=O. The van der Waals surface area contributed by atoms with Gasteiger partial charge in [-0.3, -0.25) is 24.3 Å². The molecule has 0 radical (unpaired) electrons. The summed E-state index contributed by atoms with van der Waals surface area (Å²) in [5.41, 5.74) is 2.39. The molecule has 1 aromatic heterocycles. The topological polar surface area (TPSA) is 100 Å². The summed E-state index contributed by atoms with van der Waals surface area (Å²) in [5, 5.41) is 9.66. The van der Waals surface area contributed by atoms with Crippen molar-refractivity contribution in [2.24, 2.45) is 56.2 Å². The van der Waals surface area contributed by atoms with Gasteiger partial charge < -0.3 is 14.7 Å². The van der Waals surface area contributed by atoms with E-state index in [2.05, 4.69) is 98.3 Å². The summed E-state index contributed by atoms with van der Waals surface area (Å²) in [6.07, 6.45) is 11.8. The van der Waals surface area contributed by atoms with Crippen LogP contribution in [0.5, 0.6) is 0 Å². The Balaban J connectivity index is 1.29. The number of likely N-dealkylation sites (N-methyl/N-ethyl adjacent to an activating group) is 1. The van der Waals surface area contributed by atoms with Crippen LogP contribution in [0.15, 0.2) is 35.5 Å². The molecule has 8 heteroatoms. The Bertz CT molecular complexity index is 1730. The molecule has 0 aromatic carbocycles. The Morgan fingerprint density at radius 1 is 0.895 bits per heavy atom. The molecule has 0 amide bonds. The summed E-state index contributed by atoms with van der Waals surface area (Å²) < 4.78 is 6.22. The van der Waals surface area contributed by atoms with Crippen LogP contribution in [0.1, 0.15) is 152 Å². The van der Waals surface area contributed by atoms with Crippen LogP contribution in [0.4, 0.5) is 0 Å². The molecule has 5 aliphatic rings. The maximum Gasteiger partial charge on any atom is 0.309 e. The highest BCUT2D eigenvalue weighted by Crippen LogP contribution is 2.77. The van der Waals surface area contributed by atoms with Gasteiger partial charge in [0.1, 0.15) is 6.10 Å². The number of ether oxygens (including phenoxy) is 1. The van der Waals surface area contributed by atoms with E-state index in [1.807, 2.05) is 12.3 Å². The molecule has 318 valence electrons. The molecule has 0 bridgehead atoms. The number of hydrogen-bond donors (Lipinski definition) is 1. The normalized spacial score (nSPS) is 35.2. The van der Waals surface area contributed by atoms with Crippen LogP contribution in [0.3, 0.4) is 0 Å². The van der Waals surface area contributed by atoms with Crippen molar-refractivity contribution in [3.05, 3.63) is 41.2 Å². The first-order valence-corrected chi connectivity index (χ1v) is 22.4. The maximum atomic E-state index is 14.4. The number of nitrogens with zero attached hydrogens (tertiary/aromatic N) is 3. The summed E-state index contributed by atoms with van der Waals surface area (Å²) in [7, 11) is 4.30. The number of carbonyl (C=O) groups excluding carboxylic acids is 2. The minimum absolute atomic E-state index is 0.0845. The van der Waals surface area contributed by atoms with Gasteiger partial charge in [0.05, 0.1) is 23.1 Å². The fourth-order valence-corrected chi connectivity index (χ4v) is 14.1. The van der Waals surface area contributed by atoms with E-state index in [4.69, 9.17) is 9.72 Å². The molecule has 57 heavy (non-hydrogen) atoms. The van der Waals surface area contributed by atoms with Gasteiger partial charge in [-0.2, -0.15) is 0 Å². The predicted octanol–water partition coefficient (Wildman–Crippen LogP) is 9.96. The molecule has 4 saturated carbocycles. The van der Waals surface area contributed by atoms with Gasteiger partial charge in [0.2, 0.25) is 0 Å². The lowest BCUT2D eigenvalue weighted by Crippen LogP contribution is -2.65. The Kier molecular flexibility index (Phi) is 11.7. The monoisotopic (exact) mass is 788 g/mol. The van der Waals surface area contributed by atoms with Crippen LogP contribution in [0.25, 0.3) is 0 Å². The molecule has 1 N–H and O–H groups in total. The lowest BCUT2D eigenvalue weighted by Gasteiger charge is -2.72. The van der Waals surface area contributed by atoms with Crippen molar-refractivity contribution >= 4 is 17.7 Å². The number of fused-ring (bicyclic) bond motifs is 7. The quantitative estimate of drug-likeness (QED) is 0.197. The first kappa shape index (κ1) is 44.0. The standard InChI is InChI=1S/C49H77N3O5/c1-32(2)40-34(53)30-49(25-27-52(29-28-51(12)13)45(7,8)37-16-14-15-26-50-37)24-23-47(10)33(41(40)49)17-18-36-46(9)21-20-38(57-39(54)31-43(3,4)42(55)56)44(5,6)35(46)19-22-48(36,47)11/h14-16,26,32-33,35-36,38H,17-25,27-31H2,1-13H3,(H,55,56)/t33-,35?,36?,38+,46+,47-,48-,49-/m1/s1. The van der Waals surface area contributed by atoms with Crippen molar-refractivity contribution in [3.63, 3.8) is 0 Å². The van der Waals surface area contributed by atoms with E-state index < -0.39 is 17.4 Å². The van der Waals surface area contributed by atoms with Crippen molar-refractivity contribution < 1.29 is 24.2 Å². The number of carboxylic acid groups (broad SMARTS) is 1. The largest absolute Gasteiger partial charge is 0.481 e. The first-order chi connectivity index (χ1) is 26.4. The van der Waals surface area contributed by atoms with Gasteiger partial charge in [-0.15, -0.1) is 0 Å². The van der Waals surface area contributed by atoms with Crippen LogP contribution in [0.2, 0.25) is 0 Å². The second-order valence-electron chi connectivity index (χ2n) is 22.5. The number of carbonyl (C=O) groups is 3. The first-order valence-electron chi connectivity index (χ1n) is 22.4. The molecule has 5 aliphatic carbocycles. The van der Waals surface area contributed by atoms with Gasteiger partial charge in [-0.25, -0.2) is 0 Å². The maximum absolute atomic E-state index is 14.4. The molecular weight excluding hydrogens is 711 g/mol. The highest BCUT2D eigenvalue weighted by Gasteiger charge is 2.70. The number of rotatable bonds is 13. The zero-order chi connectivity index (χ0) is 42.1. The fraction of sp³-hybridized carbons (Fsp3) is 0.796. The number of ketones is 1. The van der Waals surface area contributed by atoms with E-state index in [9.17, 15) is 19.5 Å². The van der Waals surface area contributed by atoms with Crippen LogP contribution >= 0.6 is 0 Å². The Labute approximate surface area is 345 Å². The lowest BCUT2D eigenvalue weighted by atomic mass is 9.33. The number of Topliss-reactive ketones (excluding diaryl/α,β-unsaturated/α-hetero) is 1. The van der Waals surface area contributed by atoms with Gasteiger partial charge in [0.15, 0.2) is 5.78 Å². The minimum Gasteiger partial charge on any atom is -0.481 e. The molecule has 8 atom stereocenters. The van der Waals surface area contributed by atoms with Crippen LogP contribution in [-0.2, 0) is 24.7 Å². The smallest absolute Gasteiger partial charge is 0.309 e. The number of aliphatic carboxylic acids is 1. The average molecular weight is 788 g/mol. The van der Waals surface area contributed by atoms with E-state index >= 15 is 0 Å². The van der Waals surface area contributed by atoms with Gasteiger partial charge >= 0.3 is 11.9 Å². The van der Waals surface area contributed by atoms with E-state index in [-0.39, 0.29) is 51.1 Å². The van der Waals surface area contributed by atoms with Crippen molar-refractivity contribution in [1.29, 1.82) is 0 Å². The Morgan fingerprint density at radius 2 is 1.60 bits per heavy atom. The van der Waals surface area contributed by atoms with Gasteiger partial charge in [-0.1, -0.05) is 60.1 Å². The average Bonchev–Trinajstić information content (AvgIpc) is 3.41. The van der Waals surface area contributed by atoms with Crippen molar-refractivity contribution in [2.75, 3.05) is 33.7 Å². The molecular formula is C49H77N3O5. The molecule has 0 spiro atoms. The lowest BCUT2D eigenvalue weighted by molar-refractivity contribution is -0.233. The van der Waals surface area contributed by atoms with E-state index in [1.54, 1.807) is 19.4 Å². The fourth-order valence-electron chi connectivity index (χ4n) is 14.1. The van der Waals surface area contributed by atoms with Crippen LogP contribution in [-0.4, -0.2) is 77.4 Å². The molecule has 1 aromatic rings. The Morgan fingerprint density at radius 3 is 2.21 bits per heavy atom. The number of pyridine rings is 1. The number of aromatic nitrogens is 1. The Hall–Kier alpha value is -2.58. The minimum atomic E-state index is -1.15. The summed E-state index contributed by atoms with van der Waals surface area (Å²) in [6.45, 7) is 27.6. The third-order valence-electron chi connectivity index (χ3n) is 17.7. The number of allylic oxidation sites excluding steroid dienone is 2. The number of carboxylic acids is 1. The zero-order valence-electron chi connectivity index (χ0n) is 38.0. The third-order valence-corrected chi connectivity index (χ3v) is 17.7. The van der Waals surface area contributed by atoms with Crippen LogP contribution < -0.4 is 0 Å². The number of hydrogen-bond acceptors (Lipinski definition) is 7. The molecule has 8 nitrogen and oxygen atoms in total. The third kappa shape index (κ3) is 7.27. The van der Waals surface area contributed by atoms with Gasteiger partial charge in [0.25, 0.3) is 0 Å². The second-order valence-corrected chi connectivity index (χ2v) is 22.5. The molecule has 6 rings (SSSR count). The number of esters is 1. The molecule has 2 unspecified atom stereocenters. The van der Waals surface area contributed by atoms with Crippen molar-refractivity contribution in [2.45, 2.75) is 158 Å². The van der Waals surface area contributed by atoms with E-state index in [0.29, 0.717) is 30.0 Å². The summed E-state index contributed by atoms with van der Waals surface area (Å²) in [5.74, 6) is 0.584. The van der Waals surface area contributed by atoms with Crippen molar-refractivity contribution in [3.8, 4) is 0 Å². The van der Waals surface area contributed by atoms with Crippen molar-refractivity contribution in [1.82, 2.24) is 14.8 Å². The molecule has 0 aliphatic heterocycles. The molecule has 0 saturated heterocycles. The molecule has 4 fully saturated rings. The van der Waals surface area contributed by atoms with E-state index in [0.717, 1.165) is 88.7 Å². The zero-order valence-corrected chi connectivity index (χ0v) is 38.0. The highest BCUT2D eigenvalue weighted by molar-refractivity contribution is 6.00. The summed E-state index contributed by atoms with van der Waals surface area (Å²) in [4.78, 5) is 49.1. The summed E-state index contributed by atoms with van der Waals surface area (Å²) in [6, 6.07) is 6.25. The predicted molar refractivity (Wildman–Crippen MR) is 227 cm³/mol. The second kappa shape index (κ2) is 15.2. The highest BCUT2D eigenvalue weighted by atomic mass is 16.5. The summed E-state index contributed by atoms with van der Waals surface area (Å²) >= 11 is 0. The van der Waals surface area contributed by atoms with E-state index in [1.165, 1.54) is 0 Å². The van der Waals surface area contributed by atoms with Crippen LogP contribution in [0, 0.1) is 56.2 Å². The van der Waals surface area contributed by atoms with Gasteiger partial charge in [-0.05, 0) is 164 Å².